The summed E-state index contributed by atoms with van der Waals surface area (Å²) in [7, 11) is 3.12. The molecule has 2 aromatic rings. The fourth-order valence-electron chi connectivity index (χ4n) is 1.86. The van der Waals surface area contributed by atoms with Gasteiger partial charge in [0.15, 0.2) is 6.29 Å². The normalized spacial score (nSPS) is 10.1. The zero-order valence-electron chi connectivity index (χ0n) is 10.6. The lowest BCUT2D eigenvalue weighted by molar-refractivity contribution is 0.112. The Kier molecular flexibility index (Phi) is 4.07. The maximum Gasteiger partial charge on any atom is 0.155 e. The lowest BCUT2D eigenvalue weighted by Gasteiger charge is -2.10. The van der Waals surface area contributed by atoms with E-state index in [0.717, 1.165) is 16.9 Å². The zero-order chi connectivity index (χ0) is 13.8. The van der Waals surface area contributed by atoms with Crippen LogP contribution in [0.5, 0.6) is 11.5 Å². The first kappa shape index (κ1) is 13.4. The van der Waals surface area contributed by atoms with Crippen molar-refractivity contribution < 1.29 is 14.3 Å². The molecule has 0 fully saturated rings. The van der Waals surface area contributed by atoms with Crippen molar-refractivity contribution in [2.75, 3.05) is 14.2 Å². The van der Waals surface area contributed by atoms with Crippen molar-refractivity contribution in [3.8, 4) is 22.6 Å². The van der Waals surface area contributed by atoms with E-state index >= 15 is 0 Å². The van der Waals surface area contributed by atoms with Gasteiger partial charge in [-0.1, -0.05) is 23.7 Å². The second-order valence-corrected chi connectivity index (χ2v) is 4.27. The van der Waals surface area contributed by atoms with Crippen molar-refractivity contribution in [3.63, 3.8) is 0 Å². The molecule has 0 heterocycles. The minimum atomic E-state index is 0.359. The summed E-state index contributed by atoms with van der Waals surface area (Å²) in [5.41, 5.74) is 2.06. The van der Waals surface area contributed by atoms with E-state index in [2.05, 4.69) is 0 Å². The average molecular weight is 277 g/mol. The van der Waals surface area contributed by atoms with Crippen LogP contribution in [0.1, 0.15) is 10.4 Å². The van der Waals surface area contributed by atoms with Gasteiger partial charge in [0.25, 0.3) is 0 Å². The second kappa shape index (κ2) is 5.76. The highest BCUT2D eigenvalue weighted by Crippen LogP contribution is 2.35. The summed E-state index contributed by atoms with van der Waals surface area (Å²) in [6, 6.07) is 11.0. The van der Waals surface area contributed by atoms with Gasteiger partial charge in [-0.2, -0.15) is 0 Å². The number of carbonyl (C=O) groups is 1. The molecule has 0 amide bonds. The molecule has 0 radical (unpaired) electrons. The molecular weight excluding hydrogens is 264 g/mol. The van der Waals surface area contributed by atoms with E-state index in [-0.39, 0.29) is 0 Å². The van der Waals surface area contributed by atoms with Gasteiger partial charge < -0.3 is 9.47 Å². The van der Waals surface area contributed by atoms with Gasteiger partial charge in [0.05, 0.1) is 24.8 Å². The van der Waals surface area contributed by atoms with E-state index in [1.54, 1.807) is 13.2 Å². The lowest BCUT2D eigenvalue weighted by atomic mass is 10.0. The fourth-order valence-corrected chi connectivity index (χ4v) is 2.17. The maximum atomic E-state index is 11.1. The summed E-state index contributed by atoms with van der Waals surface area (Å²) < 4.78 is 10.2. The minimum Gasteiger partial charge on any atom is -0.497 e. The van der Waals surface area contributed by atoms with Crippen LogP contribution in [0.3, 0.4) is 0 Å². The van der Waals surface area contributed by atoms with E-state index in [1.807, 2.05) is 30.3 Å². The minimum absolute atomic E-state index is 0.359. The smallest absolute Gasteiger partial charge is 0.155 e. The topological polar surface area (TPSA) is 35.5 Å². The predicted molar refractivity (Wildman–Crippen MR) is 75.4 cm³/mol. The summed E-state index contributed by atoms with van der Waals surface area (Å²) in [4.78, 5) is 11.1. The lowest BCUT2D eigenvalue weighted by Crippen LogP contribution is -1.93. The first-order chi connectivity index (χ1) is 9.21. The van der Waals surface area contributed by atoms with Crippen molar-refractivity contribution in [1.82, 2.24) is 0 Å². The van der Waals surface area contributed by atoms with Crippen LogP contribution < -0.4 is 9.47 Å². The molecule has 0 aliphatic rings. The van der Waals surface area contributed by atoms with Crippen molar-refractivity contribution in [2.45, 2.75) is 0 Å². The average Bonchev–Trinajstić information content (AvgIpc) is 2.47. The van der Waals surface area contributed by atoms with E-state index in [9.17, 15) is 4.79 Å². The molecule has 0 atom stereocenters. The molecule has 98 valence electrons. The second-order valence-electron chi connectivity index (χ2n) is 3.89. The number of methoxy groups -OCH3 is 2. The number of hydrogen-bond donors (Lipinski definition) is 0. The van der Waals surface area contributed by atoms with Crippen LogP contribution in [0.4, 0.5) is 0 Å². The van der Waals surface area contributed by atoms with Crippen LogP contribution in [0, 0.1) is 0 Å². The van der Waals surface area contributed by atoms with E-state index in [1.165, 1.54) is 7.11 Å². The quantitative estimate of drug-likeness (QED) is 0.796. The van der Waals surface area contributed by atoms with Crippen molar-refractivity contribution in [1.29, 1.82) is 0 Å². The standard InChI is InChI=1S/C15H13ClO3/c1-18-11-5-3-10(4-6-11)12-7-8-14(19-2)13(9-17)15(12)16/h3-9H,1-2H3. The molecule has 0 aliphatic heterocycles. The number of rotatable bonds is 4. The molecule has 0 saturated carbocycles. The van der Waals surface area contributed by atoms with Gasteiger partial charge in [0.1, 0.15) is 11.5 Å². The first-order valence-electron chi connectivity index (χ1n) is 5.67. The predicted octanol–water partition coefficient (Wildman–Crippen LogP) is 3.84. The summed E-state index contributed by atoms with van der Waals surface area (Å²) >= 11 is 6.26. The molecule has 0 bridgehead atoms. The zero-order valence-corrected chi connectivity index (χ0v) is 11.4. The van der Waals surface area contributed by atoms with Crippen molar-refractivity contribution in [2.24, 2.45) is 0 Å². The van der Waals surface area contributed by atoms with E-state index < -0.39 is 0 Å². The molecule has 2 rings (SSSR count). The molecule has 0 saturated heterocycles. The summed E-state index contributed by atoms with van der Waals surface area (Å²) in [6.45, 7) is 0. The Bertz CT molecular complexity index is 591. The van der Waals surface area contributed by atoms with Crippen molar-refractivity contribution in [3.05, 3.63) is 47.0 Å². The molecule has 0 unspecified atom stereocenters. The van der Waals surface area contributed by atoms with Gasteiger partial charge >= 0.3 is 0 Å². The van der Waals surface area contributed by atoms with Crippen LogP contribution >= 0.6 is 11.6 Å². The molecule has 0 aliphatic carbocycles. The number of halogens is 1. The highest BCUT2D eigenvalue weighted by atomic mass is 35.5. The number of carbonyl (C=O) groups excluding carboxylic acids is 1. The van der Waals surface area contributed by atoms with Crippen LogP contribution in [-0.4, -0.2) is 20.5 Å². The maximum absolute atomic E-state index is 11.1. The van der Waals surface area contributed by atoms with E-state index in [4.69, 9.17) is 21.1 Å². The molecule has 0 spiro atoms. The molecule has 0 aromatic heterocycles. The van der Waals surface area contributed by atoms with E-state index in [0.29, 0.717) is 22.6 Å². The van der Waals surface area contributed by atoms with Gasteiger partial charge in [0, 0.05) is 5.56 Å². The fraction of sp³-hybridized carbons (Fsp3) is 0.133. The Morgan fingerprint density at radius 2 is 1.68 bits per heavy atom. The summed E-state index contributed by atoms with van der Waals surface area (Å²) in [5.74, 6) is 1.24. The van der Waals surface area contributed by atoms with Crippen LogP contribution in [0.25, 0.3) is 11.1 Å². The Hall–Kier alpha value is -2.00. The third-order valence-corrected chi connectivity index (χ3v) is 3.29. The number of hydrogen-bond acceptors (Lipinski definition) is 3. The number of benzene rings is 2. The molecule has 4 heteroatoms. The number of ether oxygens (including phenoxy) is 2. The highest BCUT2D eigenvalue weighted by Gasteiger charge is 2.13. The Morgan fingerprint density at radius 1 is 1.00 bits per heavy atom. The van der Waals surface area contributed by atoms with Gasteiger partial charge in [-0.05, 0) is 29.8 Å². The summed E-state index contributed by atoms with van der Waals surface area (Å²) in [5, 5.41) is 0.388. The van der Waals surface area contributed by atoms with Gasteiger partial charge in [-0.15, -0.1) is 0 Å². The SMILES string of the molecule is COc1ccc(-c2ccc(OC)c(C=O)c2Cl)cc1. The Morgan fingerprint density at radius 3 is 2.21 bits per heavy atom. The van der Waals surface area contributed by atoms with Crippen LogP contribution in [0.2, 0.25) is 5.02 Å². The molecule has 2 aromatic carbocycles. The Balaban J connectivity index is 2.52. The van der Waals surface area contributed by atoms with Crippen LogP contribution in [0.15, 0.2) is 36.4 Å². The third kappa shape index (κ3) is 2.56. The van der Waals surface area contributed by atoms with Gasteiger partial charge in [-0.25, -0.2) is 0 Å². The number of aldehydes is 1. The molecule has 19 heavy (non-hydrogen) atoms. The van der Waals surface area contributed by atoms with Crippen LogP contribution in [-0.2, 0) is 0 Å². The van der Waals surface area contributed by atoms with Gasteiger partial charge in [-0.3, -0.25) is 4.79 Å². The molecular formula is C15H13ClO3. The van der Waals surface area contributed by atoms with Crippen molar-refractivity contribution >= 4 is 17.9 Å². The summed E-state index contributed by atoms with van der Waals surface area (Å²) in [6.07, 6.45) is 0.703. The Labute approximate surface area is 116 Å². The van der Waals surface area contributed by atoms with Gasteiger partial charge in [0.2, 0.25) is 0 Å². The molecule has 3 nitrogen and oxygen atoms in total. The molecule has 0 N–H and O–H groups in total. The third-order valence-electron chi connectivity index (χ3n) is 2.88. The largest absolute Gasteiger partial charge is 0.497 e. The first-order valence-corrected chi connectivity index (χ1v) is 6.05. The highest BCUT2D eigenvalue weighted by molar-refractivity contribution is 6.36. The monoisotopic (exact) mass is 276 g/mol.